The Balaban J connectivity index is 1.92. The van der Waals surface area contributed by atoms with Crippen molar-refractivity contribution in [1.29, 1.82) is 0 Å². The lowest BCUT2D eigenvalue weighted by Crippen LogP contribution is -2.12. The Labute approximate surface area is 114 Å². The van der Waals surface area contributed by atoms with Crippen LogP contribution in [0.4, 0.5) is 0 Å². The van der Waals surface area contributed by atoms with E-state index in [9.17, 15) is 13.2 Å². The molecule has 19 heavy (non-hydrogen) atoms. The Morgan fingerprint density at radius 3 is 2.84 bits per heavy atom. The maximum absolute atomic E-state index is 11.9. The van der Waals surface area contributed by atoms with Crippen LogP contribution < -0.4 is 5.56 Å². The first-order valence-corrected chi connectivity index (χ1v) is 8.60. The third kappa shape index (κ3) is 2.66. The Bertz CT molecular complexity index is 783. The number of fused-ring (bicyclic) bond motifs is 1. The van der Waals surface area contributed by atoms with E-state index in [1.807, 2.05) is 6.07 Å². The molecule has 0 radical (unpaired) electrons. The van der Waals surface area contributed by atoms with E-state index in [1.54, 1.807) is 18.2 Å². The number of rotatable bonds is 2. The lowest BCUT2D eigenvalue weighted by Gasteiger charge is -2.06. The van der Waals surface area contributed by atoms with Gasteiger partial charge in [0, 0.05) is 5.25 Å². The number of benzene rings is 1. The second kappa shape index (κ2) is 4.64. The van der Waals surface area contributed by atoms with E-state index in [0.29, 0.717) is 22.5 Å². The zero-order valence-corrected chi connectivity index (χ0v) is 11.6. The molecule has 3 rings (SSSR count). The summed E-state index contributed by atoms with van der Waals surface area (Å²) in [6, 6.07) is 7.11. The number of thioether (sulfide) groups is 1. The number of hydrogen-bond acceptors (Lipinski definition) is 5. The Morgan fingerprint density at radius 1 is 1.32 bits per heavy atom. The van der Waals surface area contributed by atoms with E-state index < -0.39 is 9.84 Å². The molecule has 0 spiro atoms. The van der Waals surface area contributed by atoms with Crippen molar-refractivity contribution in [3.8, 4) is 0 Å². The van der Waals surface area contributed by atoms with Gasteiger partial charge in [0.2, 0.25) is 0 Å². The van der Waals surface area contributed by atoms with Crippen molar-refractivity contribution in [3.63, 3.8) is 0 Å². The first-order valence-electron chi connectivity index (χ1n) is 5.90. The van der Waals surface area contributed by atoms with E-state index in [1.165, 1.54) is 11.8 Å². The molecule has 1 N–H and O–H groups in total. The minimum Gasteiger partial charge on any atom is -0.301 e. The van der Waals surface area contributed by atoms with Gasteiger partial charge < -0.3 is 4.98 Å². The number of nitrogens with one attached hydrogen (secondary N) is 1. The van der Waals surface area contributed by atoms with Crippen molar-refractivity contribution >= 4 is 32.5 Å². The largest absolute Gasteiger partial charge is 0.301 e. The van der Waals surface area contributed by atoms with Crippen molar-refractivity contribution in [3.05, 3.63) is 34.6 Å². The van der Waals surface area contributed by atoms with E-state index in [-0.39, 0.29) is 22.3 Å². The molecule has 1 atom stereocenters. The van der Waals surface area contributed by atoms with Gasteiger partial charge in [-0.25, -0.2) is 13.4 Å². The summed E-state index contributed by atoms with van der Waals surface area (Å²) >= 11 is 1.34. The highest BCUT2D eigenvalue weighted by Crippen LogP contribution is 2.28. The second-order valence-electron chi connectivity index (χ2n) is 4.53. The molecular formula is C12H12N2O3S2. The molecule has 0 saturated carbocycles. The van der Waals surface area contributed by atoms with Gasteiger partial charge in [0.1, 0.15) is 0 Å². The molecule has 0 aliphatic carbocycles. The van der Waals surface area contributed by atoms with E-state index >= 15 is 0 Å². The van der Waals surface area contributed by atoms with Crippen LogP contribution in [-0.2, 0) is 9.84 Å². The lowest BCUT2D eigenvalue weighted by molar-refractivity contribution is 0.602. The highest BCUT2D eigenvalue weighted by Gasteiger charge is 2.29. The van der Waals surface area contributed by atoms with E-state index in [4.69, 9.17) is 0 Å². The molecule has 2 heterocycles. The fraction of sp³-hybridized carbons (Fsp3) is 0.333. The molecular weight excluding hydrogens is 284 g/mol. The predicted octanol–water partition coefficient (Wildman–Crippen LogP) is 1.20. The number of sulfone groups is 1. The third-order valence-corrected chi connectivity index (χ3v) is 6.19. The molecule has 1 saturated heterocycles. The zero-order valence-electron chi connectivity index (χ0n) is 10.00. The number of para-hydroxylation sites is 1. The number of hydrogen-bond donors (Lipinski definition) is 1. The summed E-state index contributed by atoms with van der Waals surface area (Å²) in [4.78, 5) is 18.9. The minimum absolute atomic E-state index is 0.0192. The molecule has 1 aliphatic rings. The molecule has 0 amide bonds. The molecule has 0 bridgehead atoms. The maximum Gasteiger partial charge on any atom is 0.259 e. The molecule has 1 fully saturated rings. The van der Waals surface area contributed by atoms with Crippen LogP contribution in [0.5, 0.6) is 0 Å². The standard InChI is InChI=1S/C12H12N2O3S2/c15-11-9-3-1-2-4-10(9)13-12(14-11)18-8-5-6-19(16,17)7-8/h1-4,8H,5-7H2,(H,13,14,15). The van der Waals surface area contributed by atoms with Gasteiger partial charge in [0.05, 0.1) is 22.4 Å². The zero-order chi connectivity index (χ0) is 13.5. The van der Waals surface area contributed by atoms with Crippen LogP contribution in [0.2, 0.25) is 0 Å². The summed E-state index contributed by atoms with van der Waals surface area (Å²) < 4.78 is 22.8. The molecule has 1 aromatic heterocycles. The van der Waals surface area contributed by atoms with Gasteiger partial charge >= 0.3 is 0 Å². The van der Waals surface area contributed by atoms with Gasteiger partial charge in [-0.1, -0.05) is 23.9 Å². The van der Waals surface area contributed by atoms with Gasteiger partial charge in [-0.2, -0.15) is 0 Å². The third-order valence-electron chi connectivity index (χ3n) is 3.06. The Morgan fingerprint density at radius 2 is 2.11 bits per heavy atom. The number of aromatic nitrogens is 2. The van der Waals surface area contributed by atoms with Gasteiger partial charge in [0.15, 0.2) is 15.0 Å². The van der Waals surface area contributed by atoms with Crippen molar-refractivity contribution in [2.45, 2.75) is 16.8 Å². The van der Waals surface area contributed by atoms with Crippen LogP contribution >= 0.6 is 11.8 Å². The summed E-state index contributed by atoms with van der Waals surface area (Å²) in [6.07, 6.45) is 0.615. The average Bonchev–Trinajstić information content (AvgIpc) is 2.69. The topological polar surface area (TPSA) is 79.9 Å². The van der Waals surface area contributed by atoms with Crippen LogP contribution in [0.25, 0.3) is 10.9 Å². The first kappa shape index (κ1) is 12.7. The van der Waals surface area contributed by atoms with Crippen LogP contribution in [0.3, 0.4) is 0 Å². The first-order chi connectivity index (χ1) is 9.03. The Hall–Kier alpha value is -1.34. The van der Waals surface area contributed by atoms with E-state index in [0.717, 1.165) is 0 Å². The van der Waals surface area contributed by atoms with E-state index in [2.05, 4.69) is 9.97 Å². The van der Waals surface area contributed by atoms with Crippen LogP contribution in [0.1, 0.15) is 6.42 Å². The minimum atomic E-state index is -2.91. The highest BCUT2D eigenvalue weighted by atomic mass is 32.2. The fourth-order valence-electron chi connectivity index (χ4n) is 2.13. The molecule has 5 nitrogen and oxygen atoms in total. The summed E-state index contributed by atoms with van der Waals surface area (Å²) in [6.45, 7) is 0. The smallest absolute Gasteiger partial charge is 0.259 e. The fourth-order valence-corrected chi connectivity index (χ4v) is 5.57. The van der Waals surface area contributed by atoms with Crippen molar-refractivity contribution in [2.24, 2.45) is 0 Å². The maximum atomic E-state index is 11.9. The predicted molar refractivity (Wildman–Crippen MR) is 75.3 cm³/mol. The van der Waals surface area contributed by atoms with Gasteiger partial charge in [-0.15, -0.1) is 0 Å². The van der Waals surface area contributed by atoms with Gasteiger partial charge in [0.25, 0.3) is 5.56 Å². The molecule has 7 heteroatoms. The second-order valence-corrected chi connectivity index (χ2v) is 8.05. The number of aromatic amines is 1. The summed E-state index contributed by atoms with van der Waals surface area (Å²) in [7, 11) is -2.91. The highest BCUT2D eigenvalue weighted by molar-refractivity contribution is 8.01. The summed E-state index contributed by atoms with van der Waals surface area (Å²) in [5, 5.41) is 1.02. The number of nitrogens with zero attached hydrogens (tertiary/aromatic N) is 1. The normalized spacial score (nSPS) is 21.8. The quantitative estimate of drug-likeness (QED) is 0.842. The van der Waals surface area contributed by atoms with Crippen LogP contribution in [-0.4, -0.2) is 35.1 Å². The SMILES string of the molecule is O=c1[nH]c(SC2CCS(=O)(=O)C2)nc2ccccc12. The van der Waals surface area contributed by atoms with Crippen LogP contribution in [0, 0.1) is 0 Å². The lowest BCUT2D eigenvalue weighted by atomic mass is 10.2. The van der Waals surface area contributed by atoms with Gasteiger partial charge in [-0.05, 0) is 18.6 Å². The van der Waals surface area contributed by atoms with Gasteiger partial charge in [-0.3, -0.25) is 4.79 Å². The molecule has 2 aromatic rings. The van der Waals surface area contributed by atoms with Crippen molar-refractivity contribution in [2.75, 3.05) is 11.5 Å². The Kier molecular flexibility index (Phi) is 3.10. The molecule has 1 aliphatic heterocycles. The van der Waals surface area contributed by atoms with Crippen molar-refractivity contribution < 1.29 is 8.42 Å². The average molecular weight is 296 g/mol. The molecule has 1 aromatic carbocycles. The molecule has 1 unspecified atom stereocenters. The summed E-state index contributed by atoms with van der Waals surface area (Å²) in [5.74, 6) is 0.386. The molecule has 100 valence electrons. The summed E-state index contributed by atoms with van der Waals surface area (Å²) in [5.41, 5.74) is 0.448. The van der Waals surface area contributed by atoms with Crippen molar-refractivity contribution in [1.82, 2.24) is 9.97 Å². The monoisotopic (exact) mass is 296 g/mol. The number of H-pyrrole nitrogens is 1. The van der Waals surface area contributed by atoms with Crippen LogP contribution in [0.15, 0.2) is 34.2 Å².